The average molecular weight is 531 g/mol. The Hall–Kier alpha value is -3.95. The predicted molar refractivity (Wildman–Crippen MR) is 142 cm³/mol. The van der Waals surface area contributed by atoms with E-state index in [2.05, 4.69) is 20.9 Å². The Morgan fingerprint density at radius 1 is 0.917 bits per heavy atom. The van der Waals surface area contributed by atoms with Crippen LogP contribution in [0.15, 0.2) is 48.7 Å². The zero-order valence-corrected chi connectivity index (χ0v) is 21.5. The lowest BCUT2D eigenvalue weighted by Gasteiger charge is -2.15. The van der Waals surface area contributed by atoms with Crippen LogP contribution in [-0.2, 0) is 9.59 Å². The molecule has 1 aromatic heterocycles. The first-order valence-corrected chi connectivity index (χ1v) is 11.3. The molecule has 3 N–H and O–H groups in total. The minimum absolute atomic E-state index is 0.231. The van der Waals surface area contributed by atoms with E-state index in [0.717, 1.165) is 0 Å². The fourth-order valence-electron chi connectivity index (χ4n) is 3.23. The summed E-state index contributed by atoms with van der Waals surface area (Å²) >= 11 is 12.1. The number of rotatable bonds is 9. The minimum Gasteiger partial charge on any atom is -0.493 e. The van der Waals surface area contributed by atoms with Crippen molar-refractivity contribution in [1.29, 1.82) is 0 Å². The van der Waals surface area contributed by atoms with Gasteiger partial charge in [-0.3, -0.25) is 9.59 Å². The first kappa shape index (κ1) is 26.7. The van der Waals surface area contributed by atoms with E-state index in [9.17, 15) is 9.59 Å². The van der Waals surface area contributed by atoms with Gasteiger partial charge in [-0.25, -0.2) is 4.98 Å². The number of carbonyl (C=O) groups excluding carboxylic acids is 2. The van der Waals surface area contributed by atoms with E-state index in [4.69, 9.17) is 37.4 Å². The number of anilines is 4. The molecule has 0 radical (unpaired) electrons. The summed E-state index contributed by atoms with van der Waals surface area (Å²) in [6.45, 7) is 1.35. The summed E-state index contributed by atoms with van der Waals surface area (Å²) in [5.41, 5.74) is 1.90. The summed E-state index contributed by atoms with van der Waals surface area (Å²) in [5, 5.41) is 8.98. The molecule has 1 heterocycles. The van der Waals surface area contributed by atoms with Gasteiger partial charge in [0, 0.05) is 42.6 Å². The second kappa shape index (κ2) is 12.1. The zero-order chi connectivity index (χ0) is 26.2. The molecule has 36 heavy (non-hydrogen) atoms. The molecule has 0 saturated heterocycles. The molecule has 0 aliphatic rings. The molecule has 0 saturated carbocycles. The summed E-state index contributed by atoms with van der Waals surface area (Å²) in [5.74, 6) is 1.13. The number of hydrogen-bond donors (Lipinski definition) is 3. The van der Waals surface area contributed by atoms with Crippen LogP contribution in [0.2, 0.25) is 10.0 Å². The number of aromatic nitrogens is 1. The number of halogens is 2. The van der Waals surface area contributed by atoms with Gasteiger partial charge >= 0.3 is 0 Å². The number of benzene rings is 2. The Bertz CT molecular complexity index is 1290. The van der Waals surface area contributed by atoms with E-state index in [1.165, 1.54) is 46.5 Å². The molecule has 0 fully saturated rings. The summed E-state index contributed by atoms with van der Waals surface area (Å²) < 4.78 is 16.1. The van der Waals surface area contributed by atoms with Crippen LogP contribution in [0, 0.1) is 0 Å². The lowest BCUT2D eigenvalue weighted by Crippen LogP contribution is -2.13. The number of carbonyl (C=O) groups is 2. The van der Waals surface area contributed by atoms with Gasteiger partial charge < -0.3 is 30.2 Å². The van der Waals surface area contributed by atoms with Crippen LogP contribution in [0.5, 0.6) is 17.2 Å². The number of amides is 2. The highest BCUT2D eigenvalue weighted by Crippen LogP contribution is 2.40. The van der Waals surface area contributed by atoms with E-state index in [0.29, 0.717) is 45.7 Å². The van der Waals surface area contributed by atoms with Gasteiger partial charge in [0.2, 0.25) is 17.6 Å². The molecule has 9 nitrogen and oxygen atoms in total. The number of nitrogens with one attached hydrogen (secondary N) is 3. The van der Waals surface area contributed by atoms with Gasteiger partial charge in [0.25, 0.3) is 0 Å². The van der Waals surface area contributed by atoms with Crippen molar-refractivity contribution in [3.05, 3.63) is 64.3 Å². The second-order valence-electron chi connectivity index (χ2n) is 7.30. The van der Waals surface area contributed by atoms with Crippen LogP contribution in [0.3, 0.4) is 0 Å². The summed E-state index contributed by atoms with van der Waals surface area (Å²) in [6, 6.07) is 9.94. The highest BCUT2D eigenvalue weighted by atomic mass is 35.5. The van der Waals surface area contributed by atoms with Gasteiger partial charge in [-0.1, -0.05) is 23.2 Å². The van der Waals surface area contributed by atoms with Crippen LogP contribution in [0.1, 0.15) is 12.5 Å². The number of nitrogens with zero attached hydrogens (tertiary/aromatic N) is 1. The SMILES string of the molecule is COc1cc(Nc2ncccc2/C=C/C(=O)Nc2cc(Cl)c(Cl)cc2NC(C)=O)cc(OC)c1OC. The number of pyridine rings is 1. The Morgan fingerprint density at radius 2 is 1.53 bits per heavy atom. The van der Waals surface area contributed by atoms with Crippen molar-refractivity contribution in [2.75, 3.05) is 37.3 Å². The average Bonchev–Trinajstić information content (AvgIpc) is 2.85. The van der Waals surface area contributed by atoms with Crippen molar-refractivity contribution in [3.63, 3.8) is 0 Å². The molecule has 3 aromatic rings. The third-order valence-corrected chi connectivity index (χ3v) is 5.53. The van der Waals surface area contributed by atoms with Crippen molar-refractivity contribution < 1.29 is 23.8 Å². The van der Waals surface area contributed by atoms with E-state index in [1.807, 2.05) is 0 Å². The number of methoxy groups -OCH3 is 3. The molecule has 11 heteroatoms. The second-order valence-corrected chi connectivity index (χ2v) is 8.11. The molecule has 3 rings (SSSR count). The Labute approximate surface area is 218 Å². The molecule has 0 aliphatic heterocycles. The Morgan fingerprint density at radius 3 is 2.08 bits per heavy atom. The quantitative estimate of drug-likeness (QED) is 0.301. The predicted octanol–water partition coefficient (Wildman–Crippen LogP) is 5.77. The monoisotopic (exact) mass is 530 g/mol. The molecule has 2 aromatic carbocycles. The van der Waals surface area contributed by atoms with Crippen LogP contribution in [0.4, 0.5) is 22.9 Å². The van der Waals surface area contributed by atoms with Crippen LogP contribution in [-0.4, -0.2) is 38.1 Å². The largest absolute Gasteiger partial charge is 0.493 e. The lowest BCUT2D eigenvalue weighted by molar-refractivity contribution is -0.114. The van der Waals surface area contributed by atoms with E-state index in [1.54, 1.807) is 36.5 Å². The van der Waals surface area contributed by atoms with E-state index >= 15 is 0 Å². The molecule has 0 atom stereocenters. The standard InChI is InChI=1S/C25H24Cl2N4O5/c1-14(32)29-19-12-17(26)18(27)13-20(19)31-23(33)8-7-15-6-5-9-28-25(15)30-16-10-21(34-2)24(36-4)22(11-16)35-3/h5-13H,1-4H3,(H,28,30)(H,29,32)(H,31,33)/b8-7+. The lowest BCUT2D eigenvalue weighted by atomic mass is 10.2. The molecule has 0 bridgehead atoms. The zero-order valence-electron chi connectivity index (χ0n) is 19.9. The molecule has 188 valence electrons. The van der Waals surface area contributed by atoms with Crippen molar-refractivity contribution in [3.8, 4) is 17.2 Å². The van der Waals surface area contributed by atoms with Crippen molar-refractivity contribution in [2.45, 2.75) is 6.92 Å². The molecule has 2 amide bonds. The molecule has 0 spiro atoms. The molecular weight excluding hydrogens is 507 g/mol. The van der Waals surface area contributed by atoms with Crippen LogP contribution >= 0.6 is 23.2 Å². The first-order valence-electron chi connectivity index (χ1n) is 10.5. The van der Waals surface area contributed by atoms with Crippen molar-refractivity contribution in [2.24, 2.45) is 0 Å². The van der Waals surface area contributed by atoms with Crippen molar-refractivity contribution >= 4 is 64.0 Å². The van der Waals surface area contributed by atoms with Gasteiger partial charge in [-0.15, -0.1) is 0 Å². The highest BCUT2D eigenvalue weighted by molar-refractivity contribution is 6.42. The molecular formula is C25H24Cl2N4O5. The molecule has 0 aliphatic carbocycles. The fourth-order valence-corrected chi connectivity index (χ4v) is 3.56. The maximum atomic E-state index is 12.7. The van der Waals surface area contributed by atoms with Crippen LogP contribution < -0.4 is 30.2 Å². The fraction of sp³-hybridized carbons (Fsp3) is 0.160. The van der Waals surface area contributed by atoms with Gasteiger partial charge in [0.15, 0.2) is 11.5 Å². The van der Waals surface area contributed by atoms with Crippen LogP contribution in [0.25, 0.3) is 6.08 Å². The third-order valence-electron chi connectivity index (χ3n) is 4.81. The summed E-state index contributed by atoms with van der Waals surface area (Å²) in [6.07, 6.45) is 4.54. The van der Waals surface area contributed by atoms with Gasteiger partial charge in [0.05, 0.1) is 42.7 Å². The first-order chi connectivity index (χ1) is 17.2. The van der Waals surface area contributed by atoms with Gasteiger partial charge in [-0.05, 0) is 30.3 Å². The number of ether oxygens (including phenoxy) is 3. The maximum absolute atomic E-state index is 12.7. The smallest absolute Gasteiger partial charge is 0.248 e. The van der Waals surface area contributed by atoms with Gasteiger partial charge in [-0.2, -0.15) is 0 Å². The summed E-state index contributed by atoms with van der Waals surface area (Å²) in [7, 11) is 4.58. The number of hydrogen-bond acceptors (Lipinski definition) is 7. The molecule has 0 unspecified atom stereocenters. The summed E-state index contributed by atoms with van der Waals surface area (Å²) in [4.78, 5) is 28.5. The maximum Gasteiger partial charge on any atom is 0.248 e. The van der Waals surface area contributed by atoms with E-state index in [-0.39, 0.29) is 16.0 Å². The normalized spacial score (nSPS) is 10.6. The van der Waals surface area contributed by atoms with Gasteiger partial charge in [0.1, 0.15) is 5.82 Å². The van der Waals surface area contributed by atoms with Crippen molar-refractivity contribution in [1.82, 2.24) is 4.98 Å². The van der Waals surface area contributed by atoms with E-state index < -0.39 is 5.91 Å². The highest BCUT2D eigenvalue weighted by Gasteiger charge is 2.15. The Kier molecular flexibility index (Phi) is 8.99. The minimum atomic E-state index is -0.456. The Balaban J connectivity index is 1.83. The topological polar surface area (TPSA) is 111 Å². The third kappa shape index (κ3) is 6.59.